The van der Waals surface area contributed by atoms with Crippen molar-refractivity contribution >= 4 is 5.71 Å². The van der Waals surface area contributed by atoms with Gasteiger partial charge in [-0.15, -0.1) is 0 Å². The average molecular weight is 455 g/mol. The summed E-state index contributed by atoms with van der Waals surface area (Å²) in [5, 5.41) is 3.63. The molecule has 1 N–H and O–H groups in total. The van der Waals surface area contributed by atoms with E-state index in [4.69, 9.17) is 0 Å². The Balaban J connectivity index is 1.83. The second-order valence-corrected chi connectivity index (χ2v) is 9.17. The maximum atomic E-state index is 4.64. The molecule has 0 spiro atoms. The summed E-state index contributed by atoms with van der Waals surface area (Å²) in [4.78, 5) is 11.4. The molecular formula is C30H38N4. The monoisotopic (exact) mass is 454 g/mol. The highest BCUT2D eigenvalue weighted by Gasteiger charge is 2.15. The van der Waals surface area contributed by atoms with Gasteiger partial charge in [0.2, 0.25) is 0 Å². The molecule has 1 aromatic heterocycles. The van der Waals surface area contributed by atoms with E-state index in [1.807, 2.05) is 25.5 Å². The Morgan fingerprint density at radius 2 is 1.79 bits per heavy atom. The van der Waals surface area contributed by atoms with E-state index in [1.165, 1.54) is 16.7 Å². The Labute approximate surface area is 205 Å². The first-order chi connectivity index (χ1) is 16.4. The van der Waals surface area contributed by atoms with Crippen LogP contribution in [0.5, 0.6) is 0 Å². The van der Waals surface area contributed by atoms with E-state index in [2.05, 4.69) is 103 Å². The van der Waals surface area contributed by atoms with Crippen molar-refractivity contribution in [2.24, 2.45) is 4.99 Å². The fraction of sp³-hybridized carbons (Fsp3) is 0.333. The van der Waals surface area contributed by atoms with Gasteiger partial charge in [0, 0.05) is 36.6 Å². The van der Waals surface area contributed by atoms with Gasteiger partial charge in [0.15, 0.2) is 0 Å². The third-order valence-corrected chi connectivity index (χ3v) is 6.18. The van der Waals surface area contributed by atoms with E-state index in [-0.39, 0.29) is 0 Å². The first kappa shape index (κ1) is 25.4. The van der Waals surface area contributed by atoms with Crippen LogP contribution in [-0.4, -0.2) is 49.3 Å². The fourth-order valence-corrected chi connectivity index (χ4v) is 4.16. The molecule has 178 valence electrons. The zero-order chi connectivity index (χ0) is 24.5. The minimum atomic E-state index is 0.369. The van der Waals surface area contributed by atoms with Crippen molar-refractivity contribution < 1.29 is 0 Å². The highest BCUT2D eigenvalue weighted by atomic mass is 15.1. The molecule has 0 fully saturated rings. The number of aryl methyl sites for hydroxylation is 1. The van der Waals surface area contributed by atoms with E-state index in [1.54, 1.807) is 0 Å². The quantitative estimate of drug-likeness (QED) is 0.367. The van der Waals surface area contributed by atoms with Gasteiger partial charge in [0.1, 0.15) is 0 Å². The summed E-state index contributed by atoms with van der Waals surface area (Å²) in [6.45, 7) is 9.74. The van der Waals surface area contributed by atoms with Crippen molar-refractivity contribution in [2.45, 2.75) is 39.2 Å². The van der Waals surface area contributed by atoms with Crippen LogP contribution in [0.4, 0.5) is 0 Å². The van der Waals surface area contributed by atoms with Gasteiger partial charge in [0.05, 0.1) is 11.4 Å². The number of aliphatic imine (C=N–C) groups is 1. The van der Waals surface area contributed by atoms with Crippen LogP contribution < -0.4 is 5.32 Å². The molecular weight excluding hydrogens is 416 g/mol. The van der Waals surface area contributed by atoms with Gasteiger partial charge >= 0.3 is 0 Å². The van der Waals surface area contributed by atoms with Gasteiger partial charge in [-0.2, -0.15) is 0 Å². The molecule has 0 saturated carbocycles. The van der Waals surface area contributed by atoms with Crippen molar-refractivity contribution in [1.29, 1.82) is 0 Å². The molecule has 4 heteroatoms. The van der Waals surface area contributed by atoms with E-state index in [0.29, 0.717) is 6.04 Å². The molecule has 0 radical (unpaired) electrons. The number of aromatic nitrogens is 1. The van der Waals surface area contributed by atoms with Gasteiger partial charge in [-0.3, -0.25) is 9.98 Å². The highest BCUT2D eigenvalue weighted by molar-refractivity contribution is 6.13. The number of allylic oxidation sites excluding steroid dienone is 1. The number of pyridine rings is 1. The second-order valence-electron chi connectivity index (χ2n) is 9.17. The molecule has 1 heterocycles. The molecule has 3 rings (SSSR count). The molecule has 3 aromatic rings. The Morgan fingerprint density at radius 1 is 1.03 bits per heavy atom. The number of nitrogens with zero attached hydrogens (tertiary/aromatic N) is 3. The van der Waals surface area contributed by atoms with Gasteiger partial charge < -0.3 is 10.2 Å². The van der Waals surface area contributed by atoms with E-state index >= 15 is 0 Å². The van der Waals surface area contributed by atoms with Gasteiger partial charge in [0.25, 0.3) is 0 Å². The Hall–Kier alpha value is -3.24. The van der Waals surface area contributed by atoms with Gasteiger partial charge in [-0.1, -0.05) is 56.0 Å². The van der Waals surface area contributed by atoms with Gasteiger partial charge in [-0.25, -0.2) is 0 Å². The number of hydrogen-bond acceptors (Lipinski definition) is 4. The first-order valence-electron chi connectivity index (χ1n) is 12.1. The SMILES string of the molecule is C=C(NC(CC)CCN(C)C)C(=NC)c1cc(-c2cncc(Cc3ccccc3)c2)ccc1C. The maximum Gasteiger partial charge on any atom is 0.0871 e. The first-order valence-corrected chi connectivity index (χ1v) is 12.1. The molecule has 0 aliphatic rings. The van der Waals surface area contributed by atoms with Crippen LogP contribution in [0.25, 0.3) is 11.1 Å². The Morgan fingerprint density at radius 3 is 2.47 bits per heavy atom. The molecule has 0 amide bonds. The summed E-state index contributed by atoms with van der Waals surface area (Å²) < 4.78 is 0. The maximum absolute atomic E-state index is 4.64. The minimum absolute atomic E-state index is 0.369. The second kappa shape index (κ2) is 12.3. The van der Waals surface area contributed by atoms with Crippen LogP contribution in [0.2, 0.25) is 0 Å². The molecule has 1 unspecified atom stereocenters. The molecule has 0 aliphatic carbocycles. The normalized spacial score (nSPS) is 12.6. The molecule has 0 saturated heterocycles. The average Bonchev–Trinajstić information content (AvgIpc) is 2.84. The Kier molecular flexibility index (Phi) is 9.17. The lowest BCUT2D eigenvalue weighted by molar-refractivity contribution is 0.364. The van der Waals surface area contributed by atoms with Crippen molar-refractivity contribution in [3.63, 3.8) is 0 Å². The fourth-order valence-electron chi connectivity index (χ4n) is 4.16. The summed E-state index contributed by atoms with van der Waals surface area (Å²) >= 11 is 0. The van der Waals surface area contributed by atoms with Crippen LogP contribution in [-0.2, 0) is 6.42 Å². The lowest BCUT2D eigenvalue weighted by atomic mass is 9.95. The summed E-state index contributed by atoms with van der Waals surface area (Å²) in [7, 11) is 6.06. The van der Waals surface area contributed by atoms with Crippen molar-refractivity contribution in [1.82, 2.24) is 15.2 Å². The van der Waals surface area contributed by atoms with Crippen LogP contribution in [0.15, 0.2) is 84.3 Å². The summed E-state index contributed by atoms with van der Waals surface area (Å²) in [5.41, 5.74) is 8.81. The Bertz CT molecular complexity index is 1120. The standard InChI is InChI=1S/C30H38N4/c1-7-28(15-16-34(5)6)33-23(3)30(31-4)29-19-26(14-13-22(29)2)27-18-25(20-32-21-27)17-24-11-9-8-10-12-24/h8-14,18-21,28,33H,3,7,15-17H2,1-2,4-6H3. The van der Waals surface area contributed by atoms with Crippen molar-refractivity contribution in [3.8, 4) is 11.1 Å². The summed E-state index contributed by atoms with van der Waals surface area (Å²) in [6, 6.07) is 19.7. The third kappa shape index (κ3) is 6.88. The number of nitrogens with one attached hydrogen (secondary N) is 1. The van der Waals surface area contributed by atoms with Gasteiger partial charge in [-0.05, 0) is 81.2 Å². The lowest BCUT2D eigenvalue weighted by Crippen LogP contribution is -2.34. The predicted octanol–water partition coefficient (Wildman–Crippen LogP) is 5.90. The predicted molar refractivity (Wildman–Crippen MR) is 146 cm³/mol. The van der Waals surface area contributed by atoms with Crippen LogP contribution in [0, 0.1) is 6.92 Å². The van der Waals surface area contributed by atoms with E-state index in [0.717, 1.165) is 53.9 Å². The molecule has 4 nitrogen and oxygen atoms in total. The largest absolute Gasteiger partial charge is 0.381 e. The van der Waals surface area contributed by atoms with Crippen LogP contribution in [0.1, 0.15) is 42.0 Å². The smallest absolute Gasteiger partial charge is 0.0871 e. The molecule has 34 heavy (non-hydrogen) atoms. The van der Waals surface area contributed by atoms with E-state index < -0.39 is 0 Å². The lowest BCUT2D eigenvalue weighted by Gasteiger charge is -2.23. The molecule has 0 aliphatic heterocycles. The highest BCUT2D eigenvalue weighted by Crippen LogP contribution is 2.25. The number of rotatable bonds is 11. The van der Waals surface area contributed by atoms with E-state index in [9.17, 15) is 0 Å². The molecule has 0 bridgehead atoms. The summed E-state index contributed by atoms with van der Waals surface area (Å²) in [6.07, 6.45) is 6.87. The number of hydrogen-bond donors (Lipinski definition) is 1. The zero-order valence-electron chi connectivity index (χ0n) is 21.3. The number of benzene rings is 2. The summed E-state index contributed by atoms with van der Waals surface area (Å²) in [5.74, 6) is 0. The molecule has 1 atom stereocenters. The molecule has 2 aromatic carbocycles. The van der Waals surface area contributed by atoms with Crippen LogP contribution in [0.3, 0.4) is 0 Å². The van der Waals surface area contributed by atoms with Crippen LogP contribution >= 0.6 is 0 Å². The van der Waals surface area contributed by atoms with Crippen molar-refractivity contribution in [2.75, 3.05) is 27.7 Å². The third-order valence-electron chi connectivity index (χ3n) is 6.18. The van der Waals surface area contributed by atoms with Crippen molar-refractivity contribution in [3.05, 3.63) is 102 Å². The zero-order valence-corrected chi connectivity index (χ0v) is 21.3. The topological polar surface area (TPSA) is 40.5 Å². The minimum Gasteiger partial charge on any atom is -0.381 e.